The van der Waals surface area contributed by atoms with Gasteiger partial charge < -0.3 is 24.8 Å². The zero-order chi connectivity index (χ0) is 23.1. The molecule has 1 aliphatic heterocycles. The summed E-state index contributed by atoms with van der Waals surface area (Å²) >= 11 is 5.76. The van der Waals surface area contributed by atoms with Crippen LogP contribution in [0.1, 0.15) is 5.56 Å². The fourth-order valence-electron chi connectivity index (χ4n) is 4.11. The van der Waals surface area contributed by atoms with E-state index in [9.17, 15) is 5.26 Å². The molecule has 0 bridgehead atoms. The first-order valence-electron chi connectivity index (χ1n) is 10.7. The first-order valence-corrected chi connectivity index (χ1v) is 11.1. The second-order valence-electron chi connectivity index (χ2n) is 7.77. The van der Waals surface area contributed by atoms with Gasteiger partial charge in [-0.1, -0.05) is 6.07 Å². The van der Waals surface area contributed by atoms with Crippen molar-refractivity contribution in [3.8, 4) is 34.5 Å². The minimum atomic E-state index is 0.498. The number of anilines is 2. The molecule has 6 rings (SSSR count). The van der Waals surface area contributed by atoms with Crippen LogP contribution in [-0.4, -0.2) is 32.7 Å². The van der Waals surface area contributed by atoms with Gasteiger partial charge in [0.2, 0.25) is 0 Å². The Morgan fingerprint density at radius 3 is 2.79 bits per heavy atom. The second kappa shape index (κ2) is 8.10. The maximum Gasteiger partial charge on any atom is 0.183 e. The molecule has 0 atom stereocenters. The Hall–Kier alpha value is -4.55. The van der Waals surface area contributed by atoms with Gasteiger partial charge in [-0.15, -0.1) is 0 Å². The first kappa shape index (κ1) is 20.1. The highest BCUT2D eigenvalue weighted by Gasteiger charge is 2.20. The van der Waals surface area contributed by atoms with E-state index in [1.54, 1.807) is 18.5 Å². The number of H-pyrrole nitrogens is 2. The molecule has 34 heavy (non-hydrogen) atoms. The fourth-order valence-corrected chi connectivity index (χ4v) is 4.41. The van der Waals surface area contributed by atoms with Crippen molar-refractivity contribution in [3.05, 3.63) is 77.3 Å². The molecule has 3 N–H and O–H groups in total. The lowest BCUT2D eigenvalue weighted by Gasteiger charge is -2.19. The molecule has 2 aromatic heterocycles. The quantitative estimate of drug-likeness (QED) is 0.304. The summed E-state index contributed by atoms with van der Waals surface area (Å²) in [6.07, 6.45) is 1.67. The molecular weight excluding hydrogens is 448 g/mol. The predicted molar refractivity (Wildman–Crippen MR) is 131 cm³/mol. The van der Waals surface area contributed by atoms with Crippen LogP contribution >= 0.6 is 12.2 Å². The second-order valence-corrected chi connectivity index (χ2v) is 8.16. The van der Waals surface area contributed by atoms with Crippen LogP contribution in [0.2, 0.25) is 0 Å². The molecule has 0 amide bonds. The molecule has 0 saturated carbocycles. The third kappa shape index (κ3) is 3.46. The van der Waals surface area contributed by atoms with Crippen molar-refractivity contribution in [1.29, 1.82) is 5.26 Å². The lowest BCUT2D eigenvalue weighted by molar-refractivity contribution is 0.171. The number of ether oxygens (including phenoxy) is 2. The van der Waals surface area contributed by atoms with E-state index in [-0.39, 0.29) is 0 Å². The van der Waals surface area contributed by atoms with Gasteiger partial charge in [-0.25, -0.2) is 4.98 Å². The number of nitrogens with one attached hydrogen (secondary N) is 3. The number of fused-ring (bicyclic) bond motifs is 2. The number of hydrogen-bond donors (Lipinski definition) is 3. The number of nitrogens with zero attached hydrogens (tertiary/aromatic N) is 3. The topological polar surface area (TPSA) is 104 Å². The van der Waals surface area contributed by atoms with Gasteiger partial charge in [0.15, 0.2) is 16.3 Å². The summed E-state index contributed by atoms with van der Waals surface area (Å²) in [5, 5.41) is 12.7. The minimum absolute atomic E-state index is 0.498. The molecule has 9 heteroatoms. The predicted octanol–water partition coefficient (Wildman–Crippen LogP) is 5.46. The fraction of sp³-hybridized carbons (Fsp3) is 0.0800. The number of rotatable bonds is 4. The van der Waals surface area contributed by atoms with E-state index in [1.807, 2.05) is 53.1 Å². The maximum atomic E-state index is 9.30. The van der Waals surface area contributed by atoms with Gasteiger partial charge in [0, 0.05) is 11.3 Å². The Bertz CT molecular complexity index is 1640. The van der Waals surface area contributed by atoms with E-state index in [2.05, 4.69) is 26.3 Å². The van der Waals surface area contributed by atoms with Crippen LogP contribution in [0.3, 0.4) is 0 Å². The molecular formula is C25H18N6O2S. The largest absolute Gasteiger partial charge is 0.486 e. The van der Waals surface area contributed by atoms with Gasteiger partial charge in [0.05, 0.1) is 40.4 Å². The van der Waals surface area contributed by atoms with Gasteiger partial charge in [-0.2, -0.15) is 5.26 Å². The number of aromatic amines is 2. The van der Waals surface area contributed by atoms with Gasteiger partial charge in [0.25, 0.3) is 0 Å². The molecule has 166 valence electrons. The highest BCUT2D eigenvalue weighted by Crippen LogP contribution is 2.39. The number of aromatic nitrogens is 4. The summed E-state index contributed by atoms with van der Waals surface area (Å²) in [6, 6.07) is 21.2. The molecule has 5 aromatic rings. The van der Waals surface area contributed by atoms with Gasteiger partial charge in [-0.05, 0) is 66.8 Å². The van der Waals surface area contributed by atoms with E-state index < -0.39 is 0 Å². The average molecular weight is 467 g/mol. The Balaban J connectivity index is 1.55. The third-order valence-corrected chi connectivity index (χ3v) is 5.92. The van der Waals surface area contributed by atoms with Crippen molar-refractivity contribution in [2.75, 3.05) is 18.5 Å². The molecule has 0 radical (unpaired) electrons. The highest BCUT2D eigenvalue weighted by atomic mass is 32.1. The molecule has 0 spiro atoms. The zero-order valence-corrected chi connectivity index (χ0v) is 18.6. The van der Waals surface area contributed by atoms with Gasteiger partial charge in [-0.3, -0.25) is 4.57 Å². The van der Waals surface area contributed by atoms with Gasteiger partial charge >= 0.3 is 0 Å². The lowest BCUT2D eigenvalue weighted by atomic mass is 10.1. The molecule has 0 saturated heterocycles. The lowest BCUT2D eigenvalue weighted by Crippen LogP contribution is -2.15. The Kier molecular flexibility index (Phi) is 4.78. The Morgan fingerprint density at radius 1 is 1.03 bits per heavy atom. The van der Waals surface area contributed by atoms with Crippen LogP contribution in [0.25, 0.3) is 28.0 Å². The Labute approximate surface area is 199 Å². The monoisotopic (exact) mass is 466 g/mol. The summed E-state index contributed by atoms with van der Waals surface area (Å²) < 4.78 is 14.0. The number of nitriles is 1. The normalized spacial score (nSPS) is 12.4. The molecule has 0 fully saturated rings. The van der Waals surface area contributed by atoms with Crippen LogP contribution in [-0.2, 0) is 0 Å². The van der Waals surface area contributed by atoms with Crippen molar-refractivity contribution >= 4 is 34.8 Å². The summed E-state index contributed by atoms with van der Waals surface area (Å²) in [7, 11) is 0. The van der Waals surface area contributed by atoms with E-state index >= 15 is 0 Å². The molecule has 3 aromatic carbocycles. The highest BCUT2D eigenvalue weighted by molar-refractivity contribution is 7.71. The van der Waals surface area contributed by atoms with E-state index in [1.165, 1.54) is 0 Å². The van der Waals surface area contributed by atoms with Crippen molar-refractivity contribution in [2.45, 2.75) is 0 Å². The van der Waals surface area contributed by atoms with Crippen molar-refractivity contribution in [2.24, 2.45) is 0 Å². The van der Waals surface area contributed by atoms with Crippen LogP contribution in [0, 0.1) is 16.1 Å². The molecule has 3 heterocycles. The number of hydrogen-bond acceptors (Lipinski definition) is 6. The number of imidazole rings is 2. The average Bonchev–Trinajstić information content (AvgIpc) is 3.47. The summed E-state index contributed by atoms with van der Waals surface area (Å²) in [5.74, 6) is 2.09. The summed E-state index contributed by atoms with van der Waals surface area (Å²) in [6.45, 7) is 1.03. The Morgan fingerprint density at radius 2 is 1.91 bits per heavy atom. The van der Waals surface area contributed by atoms with E-state index in [0.717, 1.165) is 33.7 Å². The maximum absolute atomic E-state index is 9.30. The van der Waals surface area contributed by atoms with E-state index in [0.29, 0.717) is 40.9 Å². The van der Waals surface area contributed by atoms with E-state index in [4.69, 9.17) is 21.7 Å². The van der Waals surface area contributed by atoms with Crippen molar-refractivity contribution in [3.63, 3.8) is 0 Å². The minimum Gasteiger partial charge on any atom is -0.486 e. The first-order chi connectivity index (χ1) is 16.7. The molecule has 1 aliphatic rings. The summed E-state index contributed by atoms with van der Waals surface area (Å²) in [4.78, 5) is 10.8. The third-order valence-electron chi connectivity index (χ3n) is 5.63. The van der Waals surface area contributed by atoms with Crippen LogP contribution < -0.4 is 14.8 Å². The number of benzene rings is 3. The summed E-state index contributed by atoms with van der Waals surface area (Å²) in [5.41, 5.74) is 5.70. The SMILES string of the molecule is N#Cc1cccc(Nc2[nH]c(=S)n(-c3ccc4nc[nH]c4c3)c2-c2ccc3c(c2)OCCO3)c1. The zero-order valence-electron chi connectivity index (χ0n) is 17.8. The molecule has 0 aliphatic carbocycles. The molecule has 0 unspecified atom stereocenters. The smallest absolute Gasteiger partial charge is 0.183 e. The van der Waals surface area contributed by atoms with Crippen LogP contribution in [0.15, 0.2) is 67.0 Å². The van der Waals surface area contributed by atoms with Crippen molar-refractivity contribution < 1.29 is 9.47 Å². The van der Waals surface area contributed by atoms with Crippen LogP contribution in [0.4, 0.5) is 11.5 Å². The van der Waals surface area contributed by atoms with Gasteiger partial charge in [0.1, 0.15) is 19.0 Å². The van der Waals surface area contributed by atoms with Crippen molar-refractivity contribution in [1.82, 2.24) is 19.5 Å². The molecule has 8 nitrogen and oxygen atoms in total. The van der Waals surface area contributed by atoms with Crippen LogP contribution in [0.5, 0.6) is 11.5 Å². The standard InChI is InChI=1S/C25H18N6O2S/c26-13-15-2-1-3-17(10-15)29-24-23(16-4-7-21-22(11-16)33-9-8-32-21)31(25(34)30-24)18-5-6-19-20(12-18)28-14-27-19/h1-7,10-12,14,29H,8-9H2,(H,27,28)(H,30,34).